The van der Waals surface area contributed by atoms with Crippen molar-refractivity contribution in [3.8, 4) is 5.75 Å². The molecule has 0 heterocycles. The summed E-state index contributed by atoms with van der Waals surface area (Å²) in [6.07, 6.45) is 5.84. The Morgan fingerprint density at radius 3 is 2.10 bits per heavy atom. The van der Waals surface area contributed by atoms with Crippen LogP contribution in [-0.4, -0.2) is 10.8 Å². The molecule has 0 spiro atoms. The van der Waals surface area contributed by atoms with Gasteiger partial charge in [0.15, 0.2) is 0 Å². The summed E-state index contributed by atoms with van der Waals surface area (Å²) >= 11 is 0. The number of aliphatic imine (C=N–C) groups is 1. The highest BCUT2D eigenvalue weighted by atomic mass is 16.3. The van der Waals surface area contributed by atoms with Crippen molar-refractivity contribution in [2.75, 3.05) is 0 Å². The van der Waals surface area contributed by atoms with Gasteiger partial charge in [0.05, 0.1) is 5.70 Å². The summed E-state index contributed by atoms with van der Waals surface area (Å²) in [5, 5.41) is 9.61. The molecule has 0 radical (unpaired) electrons. The Bertz CT molecular complexity index is 518. The molecule has 108 valence electrons. The van der Waals surface area contributed by atoms with Crippen LogP contribution in [0, 0.1) is 0 Å². The number of phenolic OH excluding ortho intramolecular Hbond substituents is 1. The molecular weight excluding hydrogens is 246 g/mol. The fourth-order valence-electron chi connectivity index (χ4n) is 1.50. The minimum atomic E-state index is 0.269. The molecular formula is C18H25NO. The molecule has 0 bridgehead atoms. The minimum absolute atomic E-state index is 0.269. The summed E-state index contributed by atoms with van der Waals surface area (Å²) < 4.78 is 0. The second-order valence-electron chi connectivity index (χ2n) is 4.60. The number of rotatable bonds is 3. The lowest BCUT2D eigenvalue weighted by Gasteiger charge is -2.04. The topological polar surface area (TPSA) is 32.6 Å². The molecule has 0 aliphatic carbocycles. The quantitative estimate of drug-likeness (QED) is 0.581. The molecule has 0 amide bonds. The van der Waals surface area contributed by atoms with E-state index in [0.29, 0.717) is 0 Å². The SMILES string of the molecule is C/C=C(\N=C(C)C)c1ccccc1O.C=C(C)/C=C\C. The first-order chi connectivity index (χ1) is 9.42. The van der Waals surface area contributed by atoms with E-state index in [9.17, 15) is 5.11 Å². The maximum atomic E-state index is 9.61. The molecule has 20 heavy (non-hydrogen) atoms. The zero-order valence-electron chi connectivity index (χ0n) is 13.1. The van der Waals surface area contributed by atoms with Crippen LogP contribution < -0.4 is 0 Å². The summed E-state index contributed by atoms with van der Waals surface area (Å²) in [6, 6.07) is 7.21. The van der Waals surface area contributed by atoms with Gasteiger partial charge in [-0.25, -0.2) is 0 Å². The lowest BCUT2D eigenvalue weighted by atomic mass is 10.1. The molecule has 2 heteroatoms. The number of aromatic hydroxyl groups is 1. The van der Waals surface area contributed by atoms with Crippen LogP contribution >= 0.6 is 0 Å². The van der Waals surface area contributed by atoms with Gasteiger partial charge in [0, 0.05) is 11.3 Å². The van der Waals surface area contributed by atoms with Crippen molar-refractivity contribution in [3.63, 3.8) is 0 Å². The van der Waals surface area contributed by atoms with E-state index in [1.807, 2.05) is 65.0 Å². The molecule has 1 rings (SSSR count). The Morgan fingerprint density at radius 2 is 1.75 bits per heavy atom. The van der Waals surface area contributed by atoms with E-state index in [0.717, 1.165) is 22.5 Å². The third-order valence-electron chi connectivity index (χ3n) is 2.25. The molecule has 0 saturated carbocycles. The maximum absolute atomic E-state index is 9.61. The summed E-state index contributed by atoms with van der Waals surface area (Å²) in [5.41, 5.74) is 3.66. The summed E-state index contributed by atoms with van der Waals surface area (Å²) in [6.45, 7) is 13.4. The predicted molar refractivity (Wildman–Crippen MR) is 90.2 cm³/mol. The van der Waals surface area contributed by atoms with Crippen LogP contribution in [0.15, 0.2) is 59.6 Å². The van der Waals surface area contributed by atoms with Gasteiger partial charge in [-0.05, 0) is 46.8 Å². The van der Waals surface area contributed by atoms with E-state index in [1.54, 1.807) is 12.1 Å². The molecule has 0 aromatic heterocycles. The van der Waals surface area contributed by atoms with Gasteiger partial charge in [0.2, 0.25) is 0 Å². The Morgan fingerprint density at radius 1 is 1.15 bits per heavy atom. The molecule has 0 aliphatic rings. The van der Waals surface area contributed by atoms with Crippen LogP contribution in [0.5, 0.6) is 5.75 Å². The zero-order chi connectivity index (χ0) is 15.5. The highest BCUT2D eigenvalue weighted by Crippen LogP contribution is 2.25. The van der Waals surface area contributed by atoms with E-state index in [4.69, 9.17) is 0 Å². The van der Waals surface area contributed by atoms with Gasteiger partial charge >= 0.3 is 0 Å². The summed E-state index contributed by atoms with van der Waals surface area (Å²) in [4.78, 5) is 4.34. The molecule has 0 fully saturated rings. The van der Waals surface area contributed by atoms with Gasteiger partial charge in [0.1, 0.15) is 5.75 Å². The smallest absolute Gasteiger partial charge is 0.124 e. The zero-order valence-corrected chi connectivity index (χ0v) is 13.1. The first kappa shape index (κ1) is 17.9. The molecule has 2 nitrogen and oxygen atoms in total. The van der Waals surface area contributed by atoms with Crippen molar-refractivity contribution in [1.82, 2.24) is 0 Å². The number of hydrogen-bond acceptors (Lipinski definition) is 2. The fourth-order valence-corrected chi connectivity index (χ4v) is 1.50. The van der Waals surface area contributed by atoms with Crippen LogP contribution in [-0.2, 0) is 0 Å². The Kier molecular flexibility index (Phi) is 8.77. The van der Waals surface area contributed by atoms with Gasteiger partial charge in [-0.3, -0.25) is 4.99 Å². The largest absolute Gasteiger partial charge is 0.507 e. The van der Waals surface area contributed by atoms with Crippen LogP contribution in [0.3, 0.4) is 0 Å². The summed E-state index contributed by atoms with van der Waals surface area (Å²) in [5.74, 6) is 0.269. The van der Waals surface area contributed by atoms with Gasteiger partial charge in [-0.1, -0.05) is 42.5 Å². The molecule has 1 N–H and O–H groups in total. The number of benzene rings is 1. The van der Waals surface area contributed by atoms with Crippen molar-refractivity contribution in [2.24, 2.45) is 4.99 Å². The van der Waals surface area contributed by atoms with Crippen LogP contribution in [0.1, 0.15) is 40.2 Å². The van der Waals surface area contributed by atoms with Crippen molar-refractivity contribution < 1.29 is 5.11 Å². The minimum Gasteiger partial charge on any atom is -0.507 e. The normalized spacial score (nSPS) is 10.8. The van der Waals surface area contributed by atoms with Crippen LogP contribution in [0.4, 0.5) is 0 Å². The second kappa shape index (κ2) is 9.79. The molecule has 0 unspecified atom stereocenters. The molecule has 1 aromatic carbocycles. The highest BCUT2D eigenvalue weighted by Gasteiger charge is 2.03. The fraction of sp³-hybridized carbons (Fsp3) is 0.278. The van der Waals surface area contributed by atoms with Crippen LogP contribution in [0.2, 0.25) is 0 Å². The second-order valence-corrected chi connectivity index (χ2v) is 4.60. The number of allylic oxidation sites excluding steroid dienone is 4. The average Bonchev–Trinajstić information content (AvgIpc) is 2.37. The third-order valence-corrected chi connectivity index (χ3v) is 2.25. The number of para-hydroxylation sites is 1. The van der Waals surface area contributed by atoms with Crippen molar-refractivity contribution in [1.29, 1.82) is 0 Å². The number of phenols is 1. The van der Waals surface area contributed by atoms with E-state index < -0.39 is 0 Å². The molecule has 0 aliphatic heterocycles. The van der Waals surface area contributed by atoms with Crippen LogP contribution in [0.25, 0.3) is 5.70 Å². The maximum Gasteiger partial charge on any atom is 0.124 e. The molecule has 0 saturated heterocycles. The van der Waals surface area contributed by atoms with E-state index >= 15 is 0 Å². The van der Waals surface area contributed by atoms with Crippen molar-refractivity contribution >= 4 is 11.4 Å². The first-order valence-corrected chi connectivity index (χ1v) is 6.67. The molecule has 1 aromatic rings. The van der Waals surface area contributed by atoms with E-state index in [-0.39, 0.29) is 5.75 Å². The lowest BCUT2D eigenvalue weighted by molar-refractivity contribution is 0.473. The third kappa shape index (κ3) is 7.37. The van der Waals surface area contributed by atoms with Crippen molar-refractivity contribution in [3.05, 3.63) is 60.2 Å². The first-order valence-electron chi connectivity index (χ1n) is 6.67. The average molecular weight is 271 g/mol. The van der Waals surface area contributed by atoms with Gasteiger partial charge in [-0.15, -0.1) is 0 Å². The van der Waals surface area contributed by atoms with Gasteiger partial charge in [0.25, 0.3) is 0 Å². The van der Waals surface area contributed by atoms with Gasteiger partial charge < -0.3 is 5.11 Å². The monoisotopic (exact) mass is 271 g/mol. The van der Waals surface area contributed by atoms with E-state index in [2.05, 4.69) is 11.6 Å². The number of hydrogen-bond donors (Lipinski definition) is 1. The highest BCUT2D eigenvalue weighted by molar-refractivity contribution is 5.86. The lowest BCUT2D eigenvalue weighted by Crippen LogP contribution is -1.86. The molecule has 0 atom stereocenters. The standard InChI is InChI=1S/C12H15NO.C6H10/c1-4-11(13-9(2)3)10-7-5-6-8-12(10)14;1-4-5-6(2)3/h4-8,14H,1-3H3;4-5H,2H2,1,3H3/b11-4-;5-4-. The predicted octanol–water partition coefficient (Wildman–Crippen LogP) is 5.37. The van der Waals surface area contributed by atoms with Gasteiger partial charge in [-0.2, -0.15) is 0 Å². The number of nitrogens with zero attached hydrogens (tertiary/aromatic N) is 1. The van der Waals surface area contributed by atoms with Crippen molar-refractivity contribution in [2.45, 2.75) is 34.6 Å². The Labute approximate surface area is 122 Å². The summed E-state index contributed by atoms with van der Waals surface area (Å²) in [7, 11) is 0. The Balaban J connectivity index is 0.000000511. The van der Waals surface area contributed by atoms with E-state index in [1.165, 1.54) is 0 Å². The Hall–Kier alpha value is -2.09.